The summed E-state index contributed by atoms with van der Waals surface area (Å²) in [6.45, 7) is 0. The molecule has 1 saturated heterocycles. The Morgan fingerprint density at radius 1 is 1.24 bits per heavy atom. The Morgan fingerprint density at radius 3 is 2.52 bits per heavy atom. The number of carbonyl (C=O) groups excluding carboxylic acids is 1. The summed E-state index contributed by atoms with van der Waals surface area (Å²) in [7, 11) is 0. The molecule has 1 amide bonds. The van der Waals surface area contributed by atoms with E-state index in [4.69, 9.17) is 0 Å². The molecule has 2 N–H and O–H groups in total. The Hall–Kier alpha value is -1.49. The van der Waals surface area contributed by atoms with Crippen LogP contribution in [0.1, 0.15) is 24.8 Å². The molecule has 0 unspecified atom stereocenters. The van der Waals surface area contributed by atoms with Crippen molar-refractivity contribution >= 4 is 23.6 Å². The molecule has 0 radical (unpaired) electrons. The first-order valence-electron chi connectivity index (χ1n) is 7.29. The van der Waals surface area contributed by atoms with E-state index >= 15 is 0 Å². The van der Waals surface area contributed by atoms with E-state index in [2.05, 4.69) is 5.32 Å². The second kappa shape index (κ2) is 8.08. The number of hydrogen-bond acceptors (Lipinski definition) is 3. The van der Waals surface area contributed by atoms with Gasteiger partial charge in [-0.1, -0.05) is 30.3 Å². The first-order chi connectivity index (χ1) is 10.1. The highest BCUT2D eigenvalue weighted by Crippen LogP contribution is 2.25. The molecular weight excluding hydrogens is 286 g/mol. The third kappa shape index (κ3) is 5.42. The van der Waals surface area contributed by atoms with Gasteiger partial charge in [0.15, 0.2) is 0 Å². The molecule has 0 aromatic heterocycles. The van der Waals surface area contributed by atoms with Gasteiger partial charge in [-0.15, -0.1) is 0 Å². The minimum atomic E-state index is -0.980. The number of aliphatic carboxylic acids is 1. The van der Waals surface area contributed by atoms with E-state index in [-0.39, 0.29) is 5.91 Å². The average molecular weight is 307 g/mol. The normalized spacial score (nSPS) is 17.1. The van der Waals surface area contributed by atoms with Crippen LogP contribution < -0.4 is 5.32 Å². The van der Waals surface area contributed by atoms with Gasteiger partial charge >= 0.3 is 5.97 Å². The summed E-state index contributed by atoms with van der Waals surface area (Å²) in [6.07, 6.45) is 2.87. The van der Waals surface area contributed by atoms with Crippen molar-refractivity contribution in [3.63, 3.8) is 0 Å². The van der Waals surface area contributed by atoms with Crippen LogP contribution in [0.15, 0.2) is 30.3 Å². The van der Waals surface area contributed by atoms with E-state index in [0.717, 1.165) is 29.9 Å². The van der Waals surface area contributed by atoms with Crippen LogP contribution in [0.3, 0.4) is 0 Å². The fourth-order valence-corrected chi connectivity index (χ4v) is 3.72. The van der Waals surface area contributed by atoms with Crippen LogP contribution in [0.2, 0.25) is 0 Å². The molecule has 1 aromatic carbocycles. The van der Waals surface area contributed by atoms with Crippen molar-refractivity contribution in [3.8, 4) is 0 Å². The van der Waals surface area contributed by atoms with E-state index < -0.39 is 12.0 Å². The molecule has 0 spiro atoms. The molecule has 1 aliphatic rings. The van der Waals surface area contributed by atoms with Crippen LogP contribution in [0.5, 0.6) is 0 Å². The number of carboxylic acids is 1. The summed E-state index contributed by atoms with van der Waals surface area (Å²) in [4.78, 5) is 23.3. The Bertz CT molecular complexity index is 472. The molecule has 0 saturated carbocycles. The first-order valence-corrected chi connectivity index (χ1v) is 8.44. The van der Waals surface area contributed by atoms with Crippen LogP contribution in [0, 0.1) is 5.92 Å². The van der Waals surface area contributed by atoms with E-state index in [9.17, 15) is 14.7 Å². The fraction of sp³-hybridized carbons (Fsp3) is 0.500. The minimum Gasteiger partial charge on any atom is -0.480 e. The molecule has 1 aromatic rings. The number of amides is 1. The third-order valence-corrected chi connectivity index (χ3v) is 4.78. The summed E-state index contributed by atoms with van der Waals surface area (Å²) >= 11 is 1.92. The number of thioether (sulfide) groups is 1. The van der Waals surface area contributed by atoms with Crippen molar-refractivity contribution in [1.82, 2.24) is 5.32 Å². The minimum absolute atomic E-state index is 0.143. The smallest absolute Gasteiger partial charge is 0.326 e. The van der Waals surface area contributed by atoms with Crippen molar-refractivity contribution < 1.29 is 14.7 Å². The predicted octanol–water partition coefficient (Wildman–Crippen LogP) is 2.33. The van der Waals surface area contributed by atoms with Crippen LogP contribution in [0.25, 0.3) is 0 Å². The zero-order valence-electron chi connectivity index (χ0n) is 12.0. The Kier molecular flexibility index (Phi) is 6.11. The molecule has 2 rings (SSSR count). The highest BCUT2D eigenvalue weighted by Gasteiger charge is 2.23. The van der Waals surface area contributed by atoms with Crippen molar-refractivity contribution in [2.24, 2.45) is 5.92 Å². The van der Waals surface area contributed by atoms with Crippen molar-refractivity contribution in [1.29, 1.82) is 0 Å². The second-order valence-corrected chi connectivity index (χ2v) is 6.63. The molecule has 114 valence electrons. The maximum absolute atomic E-state index is 12.0. The Balaban J connectivity index is 1.86. The zero-order valence-corrected chi connectivity index (χ0v) is 12.8. The molecule has 1 fully saturated rings. The van der Waals surface area contributed by atoms with E-state index in [0.29, 0.717) is 18.8 Å². The van der Waals surface area contributed by atoms with Crippen LogP contribution in [-0.4, -0.2) is 34.5 Å². The summed E-state index contributed by atoms with van der Waals surface area (Å²) in [6, 6.07) is 8.53. The highest BCUT2D eigenvalue weighted by molar-refractivity contribution is 7.99. The lowest BCUT2D eigenvalue weighted by atomic mass is 9.98. The molecular formula is C16H21NO3S. The van der Waals surface area contributed by atoms with Gasteiger partial charge in [-0.2, -0.15) is 11.8 Å². The van der Waals surface area contributed by atoms with Crippen LogP contribution in [0.4, 0.5) is 0 Å². The second-order valence-electron chi connectivity index (χ2n) is 5.41. The third-order valence-electron chi connectivity index (χ3n) is 3.73. The first kappa shape index (κ1) is 15.9. The number of benzene rings is 1. The molecule has 5 heteroatoms. The maximum Gasteiger partial charge on any atom is 0.326 e. The SMILES string of the molecule is O=C(CC1CCSCC1)N[C@H](Cc1ccccc1)C(=O)O. The number of hydrogen-bond donors (Lipinski definition) is 2. The quantitative estimate of drug-likeness (QED) is 0.846. The highest BCUT2D eigenvalue weighted by atomic mass is 32.2. The van der Waals surface area contributed by atoms with Crippen LogP contribution in [-0.2, 0) is 16.0 Å². The largest absolute Gasteiger partial charge is 0.480 e. The standard InChI is InChI=1S/C16H21NO3S/c18-15(11-13-6-8-21-9-7-13)17-14(16(19)20)10-12-4-2-1-3-5-12/h1-5,13-14H,6-11H2,(H,17,18)(H,19,20)/t14-/m1/s1. The molecule has 1 heterocycles. The lowest BCUT2D eigenvalue weighted by molar-refractivity contribution is -0.141. The monoisotopic (exact) mass is 307 g/mol. The van der Waals surface area contributed by atoms with Gasteiger partial charge in [0.25, 0.3) is 0 Å². The molecule has 1 atom stereocenters. The zero-order chi connectivity index (χ0) is 15.1. The summed E-state index contributed by atoms with van der Waals surface area (Å²) in [5, 5.41) is 11.9. The Labute approximate surface area is 129 Å². The van der Waals surface area contributed by atoms with Crippen molar-refractivity contribution in [3.05, 3.63) is 35.9 Å². The maximum atomic E-state index is 12.0. The molecule has 0 aliphatic carbocycles. The van der Waals surface area contributed by atoms with Crippen LogP contribution >= 0.6 is 11.8 Å². The van der Waals surface area contributed by atoms with Gasteiger partial charge in [-0.3, -0.25) is 4.79 Å². The van der Waals surface area contributed by atoms with Gasteiger partial charge in [0.05, 0.1) is 0 Å². The van der Waals surface area contributed by atoms with E-state index in [1.54, 1.807) is 0 Å². The van der Waals surface area contributed by atoms with Gasteiger partial charge in [-0.05, 0) is 35.8 Å². The molecule has 21 heavy (non-hydrogen) atoms. The molecule has 1 aliphatic heterocycles. The fourth-order valence-electron chi connectivity index (χ4n) is 2.52. The van der Waals surface area contributed by atoms with Gasteiger partial charge in [0.2, 0.25) is 5.91 Å². The predicted molar refractivity (Wildman–Crippen MR) is 84.4 cm³/mol. The number of carbonyl (C=O) groups is 2. The van der Waals surface area contributed by atoms with Gasteiger partial charge in [0.1, 0.15) is 6.04 Å². The lowest BCUT2D eigenvalue weighted by Crippen LogP contribution is -2.43. The number of rotatable bonds is 6. The van der Waals surface area contributed by atoms with Gasteiger partial charge in [-0.25, -0.2) is 4.79 Å². The van der Waals surface area contributed by atoms with Gasteiger partial charge < -0.3 is 10.4 Å². The van der Waals surface area contributed by atoms with Crippen molar-refractivity contribution in [2.75, 3.05) is 11.5 Å². The topological polar surface area (TPSA) is 66.4 Å². The number of carboxylic acid groups (broad SMARTS) is 1. The summed E-state index contributed by atoms with van der Waals surface area (Å²) < 4.78 is 0. The van der Waals surface area contributed by atoms with Gasteiger partial charge in [0, 0.05) is 12.8 Å². The summed E-state index contributed by atoms with van der Waals surface area (Å²) in [5.41, 5.74) is 0.916. The molecule has 0 bridgehead atoms. The average Bonchev–Trinajstić information content (AvgIpc) is 2.48. The molecule has 4 nitrogen and oxygen atoms in total. The number of nitrogens with one attached hydrogen (secondary N) is 1. The summed E-state index contributed by atoms with van der Waals surface area (Å²) in [5.74, 6) is 1.48. The van der Waals surface area contributed by atoms with E-state index in [1.165, 1.54) is 0 Å². The lowest BCUT2D eigenvalue weighted by Gasteiger charge is -2.22. The van der Waals surface area contributed by atoms with E-state index in [1.807, 2.05) is 42.1 Å². The Morgan fingerprint density at radius 2 is 1.90 bits per heavy atom. The van der Waals surface area contributed by atoms with Crippen molar-refractivity contribution in [2.45, 2.75) is 31.7 Å².